The number of carbonyl (C=O) groups is 2. The fourth-order valence-corrected chi connectivity index (χ4v) is 2.08. The van der Waals surface area contributed by atoms with Gasteiger partial charge in [-0.2, -0.15) is 0 Å². The SMILES string of the molecule is CC(=CC(=O)Nc1ccc(Br)cc1)NNC(=O)c1ccccc1F. The van der Waals surface area contributed by atoms with Gasteiger partial charge in [0.05, 0.1) is 5.56 Å². The number of amides is 2. The number of carbonyl (C=O) groups excluding carboxylic acids is 2. The third-order valence-electron chi connectivity index (χ3n) is 2.95. The second kappa shape index (κ2) is 8.26. The Kier molecular flexibility index (Phi) is 6.08. The first kappa shape index (κ1) is 17.7. The zero-order chi connectivity index (χ0) is 17.5. The number of hydrazine groups is 1. The third-order valence-corrected chi connectivity index (χ3v) is 3.48. The van der Waals surface area contributed by atoms with E-state index in [-0.39, 0.29) is 11.5 Å². The Balaban J connectivity index is 1.89. The molecule has 0 unspecified atom stereocenters. The van der Waals surface area contributed by atoms with E-state index in [0.29, 0.717) is 11.4 Å². The van der Waals surface area contributed by atoms with E-state index in [9.17, 15) is 14.0 Å². The highest BCUT2D eigenvalue weighted by atomic mass is 79.9. The van der Waals surface area contributed by atoms with Crippen LogP contribution in [-0.2, 0) is 4.79 Å². The fourth-order valence-electron chi connectivity index (χ4n) is 1.81. The second-order valence-corrected chi connectivity index (χ2v) is 5.80. The van der Waals surface area contributed by atoms with Crippen LogP contribution in [0.4, 0.5) is 10.1 Å². The summed E-state index contributed by atoms with van der Waals surface area (Å²) in [5, 5.41) is 2.68. The lowest BCUT2D eigenvalue weighted by molar-refractivity contribution is -0.112. The molecule has 0 spiro atoms. The molecule has 0 radical (unpaired) electrons. The molecule has 0 bridgehead atoms. The van der Waals surface area contributed by atoms with E-state index in [1.165, 1.54) is 24.3 Å². The maximum atomic E-state index is 13.5. The summed E-state index contributed by atoms with van der Waals surface area (Å²) >= 11 is 3.31. The van der Waals surface area contributed by atoms with Crippen LogP contribution in [0.1, 0.15) is 17.3 Å². The van der Waals surface area contributed by atoms with Crippen molar-refractivity contribution in [3.8, 4) is 0 Å². The molecule has 0 aliphatic carbocycles. The predicted octanol–water partition coefficient (Wildman–Crippen LogP) is 3.37. The molecule has 0 aromatic heterocycles. The van der Waals surface area contributed by atoms with Crippen molar-refractivity contribution < 1.29 is 14.0 Å². The molecular formula is C17H15BrFN3O2. The Morgan fingerprint density at radius 2 is 1.71 bits per heavy atom. The molecule has 3 N–H and O–H groups in total. The molecule has 0 heterocycles. The summed E-state index contributed by atoms with van der Waals surface area (Å²) in [5.74, 6) is -1.61. The number of anilines is 1. The van der Waals surface area contributed by atoms with E-state index < -0.39 is 11.7 Å². The van der Waals surface area contributed by atoms with Crippen LogP contribution in [0.25, 0.3) is 0 Å². The molecule has 0 atom stereocenters. The molecule has 0 fully saturated rings. The van der Waals surface area contributed by atoms with Crippen molar-refractivity contribution in [1.29, 1.82) is 0 Å². The van der Waals surface area contributed by atoms with Gasteiger partial charge >= 0.3 is 0 Å². The lowest BCUT2D eigenvalue weighted by Gasteiger charge is -2.09. The van der Waals surface area contributed by atoms with Crippen molar-refractivity contribution in [3.63, 3.8) is 0 Å². The smallest absolute Gasteiger partial charge is 0.272 e. The van der Waals surface area contributed by atoms with Crippen molar-refractivity contribution in [3.05, 3.63) is 76.2 Å². The Hall–Kier alpha value is -2.67. The highest BCUT2D eigenvalue weighted by Crippen LogP contribution is 2.14. The monoisotopic (exact) mass is 391 g/mol. The van der Waals surface area contributed by atoms with Crippen LogP contribution in [0.5, 0.6) is 0 Å². The molecule has 0 saturated heterocycles. The van der Waals surface area contributed by atoms with Gasteiger partial charge in [-0.05, 0) is 43.3 Å². The van der Waals surface area contributed by atoms with Gasteiger partial charge in [-0.15, -0.1) is 0 Å². The highest BCUT2D eigenvalue weighted by Gasteiger charge is 2.10. The minimum atomic E-state index is -0.630. The summed E-state index contributed by atoms with van der Waals surface area (Å²) in [5.41, 5.74) is 5.85. The normalized spacial score (nSPS) is 10.9. The molecule has 2 aromatic carbocycles. The van der Waals surface area contributed by atoms with Crippen LogP contribution >= 0.6 is 15.9 Å². The Morgan fingerprint density at radius 3 is 2.38 bits per heavy atom. The lowest BCUT2D eigenvalue weighted by Crippen LogP contribution is -2.36. The minimum Gasteiger partial charge on any atom is -0.322 e. The average Bonchev–Trinajstić information content (AvgIpc) is 2.55. The maximum Gasteiger partial charge on any atom is 0.272 e. The molecule has 0 aliphatic rings. The maximum absolute atomic E-state index is 13.5. The lowest BCUT2D eigenvalue weighted by atomic mass is 10.2. The summed E-state index contributed by atoms with van der Waals surface area (Å²) in [4.78, 5) is 23.7. The highest BCUT2D eigenvalue weighted by molar-refractivity contribution is 9.10. The van der Waals surface area contributed by atoms with Gasteiger partial charge in [-0.3, -0.25) is 15.0 Å². The van der Waals surface area contributed by atoms with E-state index in [0.717, 1.165) is 4.47 Å². The van der Waals surface area contributed by atoms with Gasteiger partial charge in [0.25, 0.3) is 5.91 Å². The average molecular weight is 392 g/mol. The molecule has 124 valence electrons. The first-order valence-electron chi connectivity index (χ1n) is 7.01. The number of benzene rings is 2. The summed E-state index contributed by atoms with van der Waals surface area (Å²) in [7, 11) is 0. The quantitative estimate of drug-likeness (QED) is 0.540. The number of nitrogens with one attached hydrogen (secondary N) is 3. The molecule has 2 amide bonds. The van der Waals surface area contributed by atoms with Crippen molar-refractivity contribution >= 4 is 33.4 Å². The fraction of sp³-hybridized carbons (Fsp3) is 0.0588. The van der Waals surface area contributed by atoms with E-state index in [4.69, 9.17) is 0 Å². The zero-order valence-corrected chi connectivity index (χ0v) is 14.4. The minimum absolute atomic E-state index is 0.0860. The summed E-state index contributed by atoms with van der Waals surface area (Å²) in [6.07, 6.45) is 1.28. The standard InChI is InChI=1S/C17H15BrFN3O2/c1-11(10-16(23)20-13-8-6-12(18)7-9-13)21-22-17(24)14-4-2-3-5-15(14)19/h2-10,21H,1H3,(H,20,23)(H,22,24). The molecule has 2 aromatic rings. The van der Waals surface area contributed by atoms with Crippen molar-refractivity contribution in [2.45, 2.75) is 6.92 Å². The number of hydrogen-bond acceptors (Lipinski definition) is 3. The van der Waals surface area contributed by atoms with Gasteiger partial charge in [0.15, 0.2) is 0 Å². The molecule has 24 heavy (non-hydrogen) atoms. The summed E-state index contributed by atoms with van der Waals surface area (Å²) < 4.78 is 14.4. The van der Waals surface area contributed by atoms with Gasteiger partial charge in [0.1, 0.15) is 5.82 Å². The number of halogens is 2. The van der Waals surface area contributed by atoms with E-state index in [1.807, 2.05) is 0 Å². The first-order chi connectivity index (χ1) is 11.5. The largest absolute Gasteiger partial charge is 0.322 e. The van der Waals surface area contributed by atoms with Gasteiger partial charge in [-0.1, -0.05) is 28.1 Å². The van der Waals surface area contributed by atoms with Crippen LogP contribution in [-0.4, -0.2) is 11.8 Å². The topological polar surface area (TPSA) is 70.2 Å². The van der Waals surface area contributed by atoms with Gasteiger partial charge < -0.3 is 10.7 Å². The number of allylic oxidation sites excluding steroid dienone is 1. The van der Waals surface area contributed by atoms with Crippen molar-refractivity contribution in [2.75, 3.05) is 5.32 Å². The van der Waals surface area contributed by atoms with E-state index >= 15 is 0 Å². The first-order valence-corrected chi connectivity index (χ1v) is 7.81. The number of rotatable bonds is 5. The van der Waals surface area contributed by atoms with Crippen LogP contribution < -0.4 is 16.2 Å². The van der Waals surface area contributed by atoms with Crippen LogP contribution in [0, 0.1) is 5.82 Å². The molecule has 2 rings (SSSR count). The zero-order valence-electron chi connectivity index (χ0n) is 12.8. The molecule has 0 saturated carbocycles. The molecular weight excluding hydrogens is 377 g/mol. The summed E-state index contributed by atoms with van der Waals surface area (Å²) in [6.45, 7) is 1.60. The van der Waals surface area contributed by atoms with Crippen molar-refractivity contribution in [1.82, 2.24) is 10.9 Å². The number of hydrogen-bond donors (Lipinski definition) is 3. The van der Waals surface area contributed by atoms with Crippen LogP contribution in [0.3, 0.4) is 0 Å². The van der Waals surface area contributed by atoms with E-state index in [1.54, 1.807) is 37.3 Å². The molecule has 0 aliphatic heterocycles. The van der Waals surface area contributed by atoms with Gasteiger partial charge in [0.2, 0.25) is 5.91 Å². The summed E-state index contributed by atoms with van der Waals surface area (Å²) in [6, 6.07) is 12.7. The van der Waals surface area contributed by atoms with Crippen LogP contribution in [0.2, 0.25) is 0 Å². The van der Waals surface area contributed by atoms with Crippen LogP contribution in [0.15, 0.2) is 64.8 Å². The Morgan fingerprint density at radius 1 is 1.04 bits per heavy atom. The molecule has 7 heteroatoms. The van der Waals surface area contributed by atoms with Gasteiger partial charge in [-0.25, -0.2) is 4.39 Å². The third kappa shape index (κ3) is 5.20. The molecule has 5 nitrogen and oxygen atoms in total. The van der Waals surface area contributed by atoms with Crippen molar-refractivity contribution in [2.24, 2.45) is 0 Å². The van der Waals surface area contributed by atoms with Gasteiger partial charge in [0, 0.05) is 21.9 Å². The second-order valence-electron chi connectivity index (χ2n) is 4.88. The Labute approximate surface area is 147 Å². The Bertz CT molecular complexity index is 776. The predicted molar refractivity (Wildman–Crippen MR) is 93.5 cm³/mol. The van der Waals surface area contributed by atoms with E-state index in [2.05, 4.69) is 32.1 Å².